The van der Waals surface area contributed by atoms with Crippen molar-refractivity contribution in [2.24, 2.45) is 0 Å². The fourth-order valence-electron chi connectivity index (χ4n) is 8.49. The molecule has 4 heterocycles. The van der Waals surface area contributed by atoms with Crippen LogP contribution in [0.3, 0.4) is 0 Å². The monoisotopic (exact) mass is 1010 g/mol. The summed E-state index contributed by atoms with van der Waals surface area (Å²) in [6.45, 7) is 7.91. The first kappa shape index (κ1) is 46.7. The Kier molecular flexibility index (Phi) is 17.1. The molecule has 0 bridgehead atoms. The number of anilines is 2. The van der Waals surface area contributed by atoms with E-state index >= 15 is 0 Å². The maximum atomic E-state index is 12.0. The van der Waals surface area contributed by atoms with Crippen LogP contribution in [0.5, 0.6) is 11.8 Å². The van der Waals surface area contributed by atoms with Gasteiger partial charge < -0.3 is 43.5 Å². The van der Waals surface area contributed by atoms with Crippen molar-refractivity contribution in [2.75, 3.05) is 102 Å². The number of aromatic nitrogens is 2. The van der Waals surface area contributed by atoms with E-state index in [0.717, 1.165) is 78.7 Å². The highest BCUT2D eigenvalue weighted by Gasteiger charge is 2.34. The van der Waals surface area contributed by atoms with E-state index < -0.39 is 12.1 Å². The van der Waals surface area contributed by atoms with E-state index in [1.54, 1.807) is 12.1 Å². The minimum absolute atomic E-state index is 0.0960. The van der Waals surface area contributed by atoms with E-state index in [1.165, 1.54) is 4.90 Å². The van der Waals surface area contributed by atoms with Gasteiger partial charge in [0.1, 0.15) is 31.1 Å². The molecule has 2 fully saturated rings. The molecule has 15 nitrogen and oxygen atoms in total. The van der Waals surface area contributed by atoms with Crippen LogP contribution in [0.25, 0.3) is 10.8 Å². The molecule has 0 radical (unpaired) electrons. The zero-order valence-electron chi connectivity index (χ0n) is 35.1. The van der Waals surface area contributed by atoms with Crippen LogP contribution in [0.2, 0.25) is 5.02 Å². The minimum atomic E-state index is -1.02. The summed E-state index contributed by atoms with van der Waals surface area (Å²) in [6.07, 6.45) is 3.50. The Bertz CT molecular complexity index is 2220. The Hall–Kier alpha value is -4.28. The number of rotatable bonds is 21. The van der Waals surface area contributed by atoms with Gasteiger partial charge >= 0.3 is 12.1 Å². The van der Waals surface area contributed by atoms with Gasteiger partial charge in [0.05, 0.1) is 77.8 Å². The second-order valence-corrected chi connectivity index (χ2v) is 17.7. The van der Waals surface area contributed by atoms with Gasteiger partial charge in [0, 0.05) is 67.6 Å². The number of aldehydes is 1. The Morgan fingerprint density at radius 2 is 1.63 bits per heavy atom. The largest absolute Gasteiger partial charge is 0.489 e. The van der Waals surface area contributed by atoms with E-state index in [0.29, 0.717) is 110 Å². The maximum Gasteiger partial charge on any atom is 0.407 e. The Balaban J connectivity index is 0.883. The third-order valence-corrected chi connectivity index (χ3v) is 13.1. The molecule has 1 amide bonds. The molecule has 18 heteroatoms. The molecular weight excluding hydrogens is 962 g/mol. The molecular formula is C45H52Br2ClN7O8. The van der Waals surface area contributed by atoms with E-state index in [-0.39, 0.29) is 19.0 Å². The van der Waals surface area contributed by atoms with Crippen molar-refractivity contribution >= 4 is 78.1 Å². The molecule has 2 atom stereocenters. The second kappa shape index (κ2) is 23.1. The lowest BCUT2D eigenvalue weighted by Crippen LogP contribution is -2.55. The topological polar surface area (TPSA) is 163 Å². The summed E-state index contributed by atoms with van der Waals surface area (Å²) in [5.41, 5.74) is 3.48. The third kappa shape index (κ3) is 12.1. The van der Waals surface area contributed by atoms with Gasteiger partial charge in [-0.15, -0.1) is 0 Å². The van der Waals surface area contributed by atoms with Crippen molar-refractivity contribution in [3.8, 4) is 17.8 Å². The summed E-state index contributed by atoms with van der Waals surface area (Å²) in [5.74, 6) is 1.38. The molecule has 3 aliphatic heterocycles. The average molecular weight is 1010 g/mol. The van der Waals surface area contributed by atoms with Gasteiger partial charge in [-0.3, -0.25) is 9.69 Å². The fourth-order valence-corrected chi connectivity index (χ4v) is 10.2. The van der Waals surface area contributed by atoms with Crippen molar-refractivity contribution in [2.45, 2.75) is 50.7 Å². The molecule has 2 saturated heterocycles. The van der Waals surface area contributed by atoms with Gasteiger partial charge in [-0.25, -0.2) is 4.79 Å². The number of nitriles is 1. The predicted octanol–water partition coefficient (Wildman–Crippen LogP) is 7.63. The molecule has 0 spiro atoms. The molecule has 4 aromatic rings. The van der Waals surface area contributed by atoms with Gasteiger partial charge in [-0.1, -0.05) is 35.9 Å². The van der Waals surface area contributed by atoms with Crippen molar-refractivity contribution in [1.82, 2.24) is 19.8 Å². The van der Waals surface area contributed by atoms with Crippen molar-refractivity contribution < 1.29 is 38.4 Å². The normalized spacial score (nSPS) is 17.8. The average Bonchev–Trinajstić information content (AvgIpc) is 3.74. The van der Waals surface area contributed by atoms with Crippen molar-refractivity contribution in [3.05, 3.63) is 79.3 Å². The van der Waals surface area contributed by atoms with Gasteiger partial charge in [-0.2, -0.15) is 15.2 Å². The molecule has 3 aliphatic rings. The highest BCUT2D eigenvalue weighted by atomic mass is 79.9. The van der Waals surface area contributed by atoms with Crippen molar-refractivity contribution in [1.29, 1.82) is 5.26 Å². The molecule has 1 aromatic heterocycles. The number of carbonyl (C=O) groups is 2. The van der Waals surface area contributed by atoms with E-state index in [1.807, 2.05) is 18.2 Å². The van der Waals surface area contributed by atoms with E-state index in [4.69, 9.17) is 45.3 Å². The lowest BCUT2D eigenvalue weighted by atomic mass is 10.0. The molecule has 63 heavy (non-hydrogen) atoms. The first-order valence-electron chi connectivity index (χ1n) is 21.3. The fraction of sp³-hybridized carbons (Fsp3) is 0.489. The number of piperazine rings is 1. The summed E-state index contributed by atoms with van der Waals surface area (Å²) in [6, 6.07) is 17.8. The van der Waals surface area contributed by atoms with Crippen LogP contribution in [0.4, 0.5) is 16.3 Å². The number of hydrogen-bond donors (Lipinski definition) is 1. The van der Waals surface area contributed by atoms with Gasteiger partial charge in [0.15, 0.2) is 0 Å². The van der Waals surface area contributed by atoms with Crippen LogP contribution in [0, 0.1) is 11.3 Å². The van der Waals surface area contributed by atoms with Crippen LogP contribution < -0.4 is 19.3 Å². The molecule has 336 valence electrons. The number of benzene rings is 3. The molecule has 7 rings (SSSR count). The van der Waals surface area contributed by atoms with Crippen LogP contribution >= 0.6 is 43.5 Å². The van der Waals surface area contributed by atoms with Crippen LogP contribution in [0.15, 0.2) is 57.5 Å². The summed E-state index contributed by atoms with van der Waals surface area (Å²) in [4.78, 5) is 41.3. The quantitative estimate of drug-likeness (QED) is 0.0641. The zero-order valence-corrected chi connectivity index (χ0v) is 39.0. The first-order valence-corrected chi connectivity index (χ1v) is 23.3. The number of hydrogen-bond acceptors (Lipinski definition) is 13. The summed E-state index contributed by atoms with van der Waals surface area (Å²) < 4.78 is 30.8. The molecule has 2 unspecified atom stereocenters. The number of carboxylic acid groups (broad SMARTS) is 1. The predicted molar refractivity (Wildman–Crippen MR) is 247 cm³/mol. The minimum Gasteiger partial charge on any atom is -0.489 e. The molecule has 0 saturated carbocycles. The number of halogens is 3. The summed E-state index contributed by atoms with van der Waals surface area (Å²) in [7, 11) is 0. The number of amides is 1. The van der Waals surface area contributed by atoms with E-state index in [9.17, 15) is 20.0 Å². The second-order valence-electron chi connectivity index (χ2n) is 15.6. The summed E-state index contributed by atoms with van der Waals surface area (Å²) >= 11 is 13.6. The molecule has 1 N–H and O–H groups in total. The Morgan fingerprint density at radius 1 is 0.905 bits per heavy atom. The Labute approximate surface area is 389 Å². The highest BCUT2D eigenvalue weighted by molar-refractivity contribution is 9.11. The number of ether oxygens (including phenoxy) is 5. The third-order valence-electron chi connectivity index (χ3n) is 11.6. The number of nitrogens with zero attached hydrogens (tertiary/aromatic N) is 7. The number of likely N-dealkylation sites (tertiary alicyclic amines) is 1. The highest BCUT2D eigenvalue weighted by Crippen LogP contribution is 2.38. The van der Waals surface area contributed by atoms with Gasteiger partial charge in [0.2, 0.25) is 0 Å². The zero-order chi connectivity index (χ0) is 44.1. The first-order chi connectivity index (χ1) is 30.7. The molecule has 3 aromatic carbocycles. The SMILES string of the molecule is N#CCC1CN(c2nc(OCC3CCCN3CCCOCCOCCOCCOc3c(Br)cc(C=O)cc3Br)nc3c2CCN(c2cccc4cccc(Cl)c24)C3)CCN1C(=O)O. The standard InChI is InChI=1S/C45H52Br2ClN7O8/c46-36-25-31(29-56)26-37(47)42(36)62-24-23-61-22-21-60-20-19-59-18-4-14-52-13-3-7-34(52)30-63-44-50-39-28-53(40-9-2-6-32-5-1-8-38(48)41(32)40)15-11-35(39)43(51-44)54-16-17-55(45(57)58)33(27-54)10-12-49/h1-2,5-6,8-9,25-26,29,33-34H,3-4,7,10-11,13-24,27-28,30H2,(H,57,58). The summed E-state index contributed by atoms with van der Waals surface area (Å²) in [5, 5.41) is 22.2. The van der Waals surface area contributed by atoms with Crippen LogP contribution in [-0.2, 0) is 27.2 Å². The van der Waals surface area contributed by atoms with Gasteiger partial charge in [-0.05, 0) is 93.7 Å². The lowest BCUT2D eigenvalue weighted by molar-refractivity contribution is 0.00771. The van der Waals surface area contributed by atoms with Gasteiger partial charge in [0.25, 0.3) is 0 Å². The Morgan fingerprint density at radius 3 is 2.37 bits per heavy atom. The number of fused-ring (bicyclic) bond motifs is 2. The lowest BCUT2D eigenvalue weighted by Gasteiger charge is -2.41. The maximum absolute atomic E-state index is 12.0. The van der Waals surface area contributed by atoms with Crippen LogP contribution in [0.1, 0.15) is 47.3 Å². The van der Waals surface area contributed by atoms with E-state index in [2.05, 4.69) is 70.8 Å². The molecule has 0 aliphatic carbocycles. The number of carbonyl (C=O) groups excluding carboxylic acids is 1. The van der Waals surface area contributed by atoms with Crippen molar-refractivity contribution in [3.63, 3.8) is 0 Å². The van der Waals surface area contributed by atoms with Crippen LogP contribution in [-0.4, -0.2) is 141 Å². The smallest absolute Gasteiger partial charge is 0.407 e.